The summed E-state index contributed by atoms with van der Waals surface area (Å²) in [5.74, 6) is 6.20. The maximum absolute atomic E-state index is 12.7. The normalized spacial score (nSPS) is 11.6. The number of aryl methyl sites for hydroxylation is 1. The topological polar surface area (TPSA) is 115 Å². The molecule has 0 bridgehead atoms. The number of carbonyl (C=O) groups excluding carboxylic acids is 2. The summed E-state index contributed by atoms with van der Waals surface area (Å²) < 4.78 is 1.35. The van der Waals surface area contributed by atoms with Gasteiger partial charge in [0.1, 0.15) is 5.25 Å². The zero-order valence-electron chi connectivity index (χ0n) is 15.4. The Labute approximate surface area is 166 Å². The molecule has 144 valence electrons. The lowest BCUT2D eigenvalue weighted by Gasteiger charge is -2.15. The standard InChI is InChI=1S/C19H20N6O2S/c1-12-8-10-14(11-9-12)16-23-24-19(25(16)20)28-15(13-6-4-3-5-7-13)17(26)22-18(27)21-2/h3-11,15H,20H2,1-2H3,(H2,21,22,26,27)/t15-/m0/s1. The third kappa shape index (κ3) is 4.32. The number of nitrogen functional groups attached to an aromatic ring is 1. The molecule has 0 saturated carbocycles. The van der Waals surface area contributed by atoms with E-state index in [1.807, 2.05) is 49.4 Å². The molecule has 0 aliphatic rings. The van der Waals surface area contributed by atoms with Crippen LogP contribution in [0.15, 0.2) is 59.8 Å². The Hall–Kier alpha value is -3.33. The lowest BCUT2D eigenvalue weighted by atomic mass is 10.1. The van der Waals surface area contributed by atoms with Crippen molar-refractivity contribution in [1.29, 1.82) is 0 Å². The molecule has 0 aliphatic heterocycles. The third-order valence-electron chi connectivity index (χ3n) is 4.00. The van der Waals surface area contributed by atoms with E-state index in [2.05, 4.69) is 20.8 Å². The summed E-state index contributed by atoms with van der Waals surface area (Å²) in [7, 11) is 1.44. The monoisotopic (exact) mass is 396 g/mol. The smallest absolute Gasteiger partial charge is 0.321 e. The van der Waals surface area contributed by atoms with E-state index < -0.39 is 17.2 Å². The summed E-state index contributed by atoms with van der Waals surface area (Å²) in [4.78, 5) is 24.2. The van der Waals surface area contributed by atoms with Crippen LogP contribution in [-0.2, 0) is 4.79 Å². The third-order valence-corrected chi connectivity index (χ3v) is 5.21. The summed E-state index contributed by atoms with van der Waals surface area (Å²) in [6.45, 7) is 1.99. The highest BCUT2D eigenvalue weighted by atomic mass is 32.2. The Bertz CT molecular complexity index is 972. The van der Waals surface area contributed by atoms with Crippen LogP contribution in [0.3, 0.4) is 0 Å². The van der Waals surface area contributed by atoms with Crippen molar-refractivity contribution in [1.82, 2.24) is 25.5 Å². The van der Waals surface area contributed by atoms with Gasteiger partial charge < -0.3 is 11.2 Å². The molecule has 28 heavy (non-hydrogen) atoms. The molecular formula is C19H20N6O2S. The second kappa shape index (κ2) is 8.57. The number of rotatable bonds is 5. The van der Waals surface area contributed by atoms with Gasteiger partial charge in [-0.2, -0.15) is 0 Å². The second-order valence-corrected chi connectivity index (χ2v) is 7.09. The molecule has 0 radical (unpaired) electrons. The number of carbonyl (C=O) groups is 2. The van der Waals surface area contributed by atoms with Crippen molar-refractivity contribution in [2.24, 2.45) is 0 Å². The van der Waals surface area contributed by atoms with E-state index in [1.165, 1.54) is 11.7 Å². The van der Waals surface area contributed by atoms with E-state index in [-0.39, 0.29) is 0 Å². The summed E-state index contributed by atoms with van der Waals surface area (Å²) in [6.07, 6.45) is 0. The zero-order chi connectivity index (χ0) is 20.1. The van der Waals surface area contributed by atoms with Crippen LogP contribution in [0.4, 0.5) is 4.79 Å². The van der Waals surface area contributed by atoms with Crippen molar-refractivity contribution in [3.63, 3.8) is 0 Å². The highest BCUT2D eigenvalue weighted by molar-refractivity contribution is 8.00. The van der Waals surface area contributed by atoms with Crippen LogP contribution in [0.1, 0.15) is 16.4 Å². The van der Waals surface area contributed by atoms with Crippen LogP contribution in [0.2, 0.25) is 0 Å². The molecule has 1 heterocycles. The van der Waals surface area contributed by atoms with Gasteiger partial charge in [-0.3, -0.25) is 10.1 Å². The minimum absolute atomic E-state index is 0.358. The van der Waals surface area contributed by atoms with Gasteiger partial charge in [0, 0.05) is 12.6 Å². The minimum Gasteiger partial charge on any atom is -0.341 e. The molecule has 1 aromatic heterocycles. The minimum atomic E-state index is -0.726. The quantitative estimate of drug-likeness (QED) is 0.450. The van der Waals surface area contributed by atoms with E-state index >= 15 is 0 Å². The van der Waals surface area contributed by atoms with Crippen LogP contribution in [0, 0.1) is 6.92 Å². The Balaban J connectivity index is 1.90. The van der Waals surface area contributed by atoms with Crippen molar-refractivity contribution in [3.8, 4) is 11.4 Å². The van der Waals surface area contributed by atoms with Gasteiger partial charge in [-0.05, 0) is 12.5 Å². The zero-order valence-corrected chi connectivity index (χ0v) is 16.2. The van der Waals surface area contributed by atoms with Crippen molar-refractivity contribution in [3.05, 3.63) is 65.7 Å². The molecule has 3 amide bonds. The number of imide groups is 1. The highest BCUT2D eigenvalue weighted by Gasteiger charge is 2.26. The van der Waals surface area contributed by atoms with Crippen LogP contribution in [0.25, 0.3) is 11.4 Å². The van der Waals surface area contributed by atoms with Gasteiger partial charge in [-0.25, -0.2) is 9.47 Å². The number of aromatic nitrogens is 3. The predicted octanol–water partition coefficient (Wildman–Crippen LogP) is 2.26. The van der Waals surface area contributed by atoms with Gasteiger partial charge >= 0.3 is 6.03 Å². The molecule has 4 N–H and O–H groups in total. The Morgan fingerprint density at radius 3 is 2.39 bits per heavy atom. The molecule has 9 heteroatoms. The molecule has 0 fully saturated rings. The maximum atomic E-state index is 12.7. The van der Waals surface area contributed by atoms with Gasteiger partial charge in [-0.1, -0.05) is 71.9 Å². The predicted molar refractivity (Wildman–Crippen MR) is 108 cm³/mol. The van der Waals surface area contributed by atoms with Crippen molar-refractivity contribution < 1.29 is 9.59 Å². The van der Waals surface area contributed by atoms with Gasteiger partial charge in [0.2, 0.25) is 11.1 Å². The average molecular weight is 396 g/mol. The molecule has 0 unspecified atom stereocenters. The van der Waals surface area contributed by atoms with Crippen molar-refractivity contribution in [2.75, 3.05) is 12.9 Å². The Kier molecular flexibility index (Phi) is 5.95. The fourth-order valence-electron chi connectivity index (χ4n) is 2.50. The highest BCUT2D eigenvalue weighted by Crippen LogP contribution is 2.35. The molecule has 2 aromatic carbocycles. The number of urea groups is 1. The molecule has 1 atom stereocenters. The van der Waals surface area contributed by atoms with E-state index in [0.29, 0.717) is 16.5 Å². The Morgan fingerprint density at radius 2 is 1.75 bits per heavy atom. The number of nitrogens with two attached hydrogens (primary N) is 1. The number of nitrogens with zero attached hydrogens (tertiary/aromatic N) is 3. The molecule has 0 aliphatic carbocycles. The molecule has 0 spiro atoms. The molecule has 3 aromatic rings. The van der Waals surface area contributed by atoms with Crippen LogP contribution >= 0.6 is 11.8 Å². The number of hydrogen-bond donors (Lipinski definition) is 3. The lowest BCUT2D eigenvalue weighted by Crippen LogP contribution is -2.39. The van der Waals surface area contributed by atoms with Crippen LogP contribution in [-0.4, -0.2) is 33.9 Å². The number of benzene rings is 2. The molecule has 8 nitrogen and oxygen atoms in total. The number of thioether (sulfide) groups is 1. The van der Waals surface area contributed by atoms with E-state index in [1.54, 1.807) is 12.1 Å². The Morgan fingerprint density at radius 1 is 1.07 bits per heavy atom. The average Bonchev–Trinajstić information content (AvgIpc) is 3.07. The van der Waals surface area contributed by atoms with Gasteiger partial charge in [0.15, 0.2) is 5.82 Å². The van der Waals surface area contributed by atoms with Gasteiger partial charge in [0.05, 0.1) is 0 Å². The van der Waals surface area contributed by atoms with E-state index in [0.717, 1.165) is 22.9 Å². The summed E-state index contributed by atoms with van der Waals surface area (Å²) in [5, 5.41) is 12.6. The number of nitrogens with one attached hydrogen (secondary N) is 2. The fraction of sp³-hybridized carbons (Fsp3) is 0.158. The number of amides is 3. The summed E-state index contributed by atoms with van der Waals surface area (Å²) >= 11 is 1.12. The SMILES string of the molecule is CNC(=O)NC(=O)[C@@H](Sc1nnc(-c2ccc(C)cc2)n1N)c1ccccc1. The largest absolute Gasteiger partial charge is 0.341 e. The first-order chi connectivity index (χ1) is 13.5. The fourth-order valence-corrected chi connectivity index (χ4v) is 3.46. The van der Waals surface area contributed by atoms with E-state index in [4.69, 9.17) is 5.84 Å². The van der Waals surface area contributed by atoms with Crippen molar-refractivity contribution in [2.45, 2.75) is 17.3 Å². The van der Waals surface area contributed by atoms with Gasteiger partial charge in [-0.15, -0.1) is 10.2 Å². The van der Waals surface area contributed by atoms with Crippen molar-refractivity contribution >= 4 is 23.7 Å². The number of hydrogen-bond acceptors (Lipinski definition) is 6. The first-order valence-corrected chi connectivity index (χ1v) is 9.39. The first-order valence-electron chi connectivity index (χ1n) is 8.51. The van der Waals surface area contributed by atoms with Crippen LogP contribution in [0.5, 0.6) is 0 Å². The van der Waals surface area contributed by atoms with Gasteiger partial charge in [0.25, 0.3) is 0 Å². The van der Waals surface area contributed by atoms with E-state index in [9.17, 15) is 9.59 Å². The second-order valence-electron chi connectivity index (χ2n) is 6.02. The first kappa shape index (κ1) is 19.4. The molecular weight excluding hydrogens is 376 g/mol. The lowest BCUT2D eigenvalue weighted by molar-refractivity contribution is -0.119. The summed E-state index contributed by atoms with van der Waals surface area (Å²) in [5.41, 5.74) is 2.66. The summed E-state index contributed by atoms with van der Waals surface area (Å²) in [6, 6.07) is 16.2. The molecule has 0 saturated heterocycles. The maximum Gasteiger partial charge on any atom is 0.321 e. The molecule has 3 rings (SSSR count). The van der Waals surface area contributed by atoms with Crippen LogP contribution < -0.4 is 16.5 Å².